The maximum absolute atomic E-state index is 13.7. The van der Waals surface area contributed by atoms with Gasteiger partial charge in [0.2, 0.25) is 11.6 Å². The summed E-state index contributed by atoms with van der Waals surface area (Å²) >= 11 is 0. The molecule has 1 aliphatic rings. The summed E-state index contributed by atoms with van der Waals surface area (Å²) in [6, 6.07) is 25.3. The SMILES string of the molecule is CC[C@@H](Cc1ccc(-c2ccccc2S(=O)(=O)NC(=O)OCc2ccccc2)cc1)C(=O)N[C@@]1(C(=O)OC)CCCN1C(=O)c1ccncc1. The second-order valence-corrected chi connectivity index (χ2v) is 13.5. The maximum atomic E-state index is 13.7. The molecule has 2 atom stereocenters. The molecule has 5 rings (SSSR count). The number of carbonyl (C=O) groups is 4. The Morgan fingerprint density at radius 3 is 2.26 bits per heavy atom. The Morgan fingerprint density at radius 1 is 0.900 bits per heavy atom. The highest BCUT2D eigenvalue weighted by Crippen LogP contribution is 2.32. The van der Waals surface area contributed by atoms with E-state index in [-0.39, 0.29) is 24.5 Å². The van der Waals surface area contributed by atoms with E-state index in [9.17, 15) is 27.6 Å². The van der Waals surface area contributed by atoms with Crippen molar-refractivity contribution in [1.82, 2.24) is 19.9 Å². The zero-order chi connectivity index (χ0) is 35.7. The van der Waals surface area contributed by atoms with Crippen LogP contribution in [-0.4, -0.2) is 61.5 Å². The van der Waals surface area contributed by atoms with Crippen molar-refractivity contribution in [3.8, 4) is 11.1 Å². The van der Waals surface area contributed by atoms with E-state index in [1.54, 1.807) is 78.9 Å². The predicted molar refractivity (Wildman–Crippen MR) is 184 cm³/mol. The van der Waals surface area contributed by atoms with Gasteiger partial charge in [-0.2, -0.15) is 0 Å². The first kappa shape index (κ1) is 35.7. The van der Waals surface area contributed by atoms with Crippen LogP contribution in [0.5, 0.6) is 0 Å². The van der Waals surface area contributed by atoms with Crippen LogP contribution in [0.1, 0.15) is 47.7 Å². The first-order valence-electron chi connectivity index (χ1n) is 16.1. The highest BCUT2D eigenvalue weighted by molar-refractivity contribution is 7.90. The average molecular weight is 699 g/mol. The van der Waals surface area contributed by atoms with Crippen LogP contribution in [0.3, 0.4) is 0 Å². The van der Waals surface area contributed by atoms with Crippen LogP contribution in [0.25, 0.3) is 11.1 Å². The van der Waals surface area contributed by atoms with Crippen molar-refractivity contribution in [1.29, 1.82) is 0 Å². The number of ether oxygens (including phenoxy) is 2. The van der Waals surface area contributed by atoms with Gasteiger partial charge < -0.3 is 19.7 Å². The van der Waals surface area contributed by atoms with Crippen LogP contribution < -0.4 is 10.0 Å². The van der Waals surface area contributed by atoms with Crippen molar-refractivity contribution >= 4 is 33.9 Å². The molecule has 0 bridgehead atoms. The summed E-state index contributed by atoms with van der Waals surface area (Å²) in [7, 11) is -3.07. The molecule has 1 fully saturated rings. The Morgan fingerprint density at radius 2 is 1.58 bits per heavy atom. The van der Waals surface area contributed by atoms with E-state index in [0.717, 1.165) is 5.56 Å². The van der Waals surface area contributed by atoms with E-state index < -0.39 is 45.5 Å². The van der Waals surface area contributed by atoms with Gasteiger partial charge in [0.1, 0.15) is 6.61 Å². The number of rotatable bonds is 12. The third-order valence-electron chi connectivity index (χ3n) is 8.62. The number of amides is 3. The molecule has 12 nitrogen and oxygen atoms in total. The van der Waals surface area contributed by atoms with Gasteiger partial charge in [0, 0.05) is 42.4 Å². The standard InChI is InChI=1S/C37H38N4O8S/c1-3-28(33(42)39-37(35(44)48-2)20-9-23-41(37)34(43)30-18-21-38-22-19-30)24-26-14-16-29(17-15-26)31-12-7-8-13-32(31)50(46,47)40-36(45)49-25-27-10-5-4-6-11-27/h4-8,10-19,21-22,28H,3,9,20,23-25H2,1-2H3,(H,39,42)(H,40,45)/t28-,37-/m0/s1. The molecule has 260 valence electrons. The average Bonchev–Trinajstić information content (AvgIpc) is 3.57. The summed E-state index contributed by atoms with van der Waals surface area (Å²) in [6.45, 7) is 2.03. The van der Waals surface area contributed by atoms with Crippen molar-refractivity contribution in [3.05, 3.63) is 120 Å². The Hall–Kier alpha value is -5.56. The lowest BCUT2D eigenvalue weighted by Gasteiger charge is -2.37. The summed E-state index contributed by atoms with van der Waals surface area (Å²) in [5.74, 6) is -2.10. The van der Waals surface area contributed by atoms with Crippen molar-refractivity contribution in [2.45, 2.75) is 49.8 Å². The minimum Gasteiger partial charge on any atom is -0.466 e. The molecule has 4 aromatic rings. The molecule has 13 heteroatoms. The van der Waals surface area contributed by atoms with Gasteiger partial charge in [-0.1, -0.05) is 79.7 Å². The molecular formula is C37H38N4O8S. The van der Waals surface area contributed by atoms with Crippen molar-refractivity contribution in [3.63, 3.8) is 0 Å². The lowest BCUT2D eigenvalue weighted by Crippen LogP contribution is -2.65. The van der Waals surface area contributed by atoms with Crippen LogP contribution >= 0.6 is 0 Å². The first-order chi connectivity index (χ1) is 24.1. The second-order valence-electron chi connectivity index (χ2n) is 11.8. The molecule has 50 heavy (non-hydrogen) atoms. The topological polar surface area (TPSA) is 161 Å². The number of hydrogen-bond donors (Lipinski definition) is 2. The number of esters is 1. The number of nitrogens with zero attached hydrogens (tertiary/aromatic N) is 2. The molecule has 1 aliphatic heterocycles. The normalized spacial score (nSPS) is 16.2. The summed E-state index contributed by atoms with van der Waals surface area (Å²) in [6.07, 6.45) is 3.32. The highest BCUT2D eigenvalue weighted by atomic mass is 32.2. The Bertz CT molecular complexity index is 1940. The Balaban J connectivity index is 1.29. The fraction of sp³-hybridized carbons (Fsp3) is 0.270. The highest BCUT2D eigenvalue weighted by Gasteiger charge is 2.52. The van der Waals surface area contributed by atoms with Gasteiger partial charge in [-0.05, 0) is 54.2 Å². The number of sulfonamides is 1. The minimum absolute atomic E-state index is 0.0895. The lowest BCUT2D eigenvalue weighted by atomic mass is 9.93. The third-order valence-corrected chi connectivity index (χ3v) is 9.99. The predicted octanol–water partition coefficient (Wildman–Crippen LogP) is 4.85. The van der Waals surface area contributed by atoms with E-state index in [1.165, 1.54) is 30.5 Å². The zero-order valence-corrected chi connectivity index (χ0v) is 28.5. The van der Waals surface area contributed by atoms with Gasteiger partial charge in [0.05, 0.1) is 12.0 Å². The molecule has 0 saturated carbocycles. The lowest BCUT2D eigenvalue weighted by molar-refractivity contribution is -0.157. The summed E-state index contributed by atoms with van der Waals surface area (Å²) in [4.78, 5) is 58.0. The smallest absolute Gasteiger partial charge is 0.421 e. The first-order valence-corrected chi connectivity index (χ1v) is 17.6. The van der Waals surface area contributed by atoms with Crippen LogP contribution in [0, 0.1) is 5.92 Å². The number of pyridine rings is 1. The Labute approximate surface area is 290 Å². The van der Waals surface area contributed by atoms with Crippen molar-refractivity contribution in [2.75, 3.05) is 13.7 Å². The second kappa shape index (κ2) is 15.8. The molecule has 1 aromatic heterocycles. The van der Waals surface area contributed by atoms with Gasteiger partial charge in [0.15, 0.2) is 0 Å². The van der Waals surface area contributed by atoms with Gasteiger partial charge in [-0.15, -0.1) is 0 Å². The van der Waals surface area contributed by atoms with Gasteiger partial charge in [-0.25, -0.2) is 22.7 Å². The quantitative estimate of drug-likeness (QED) is 0.197. The summed E-state index contributed by atoms with van der Waals surface area (Å²) in [5.41, 5.74) is 1.13. The number of nitrogens with one attached hydrogen (secondary N) is 2. The molecule has 1 saturated heterocycles. The van der Waals surface area contributed by atoms with E-state index >= 15 is 0 Å². The Kier molecular flexibility index (Phi) is 11.3. The molecule has 0 aliphatic carbocycles. The molecular weight excluding hydrogens is 660 g/mol. The zero-order valence-electron chi connectivity index (χ0n) is 27.7. The monoisotopic (exact) mass is 698 g/mol. The summed E-state index contributed by atoms with van der Waals surface area (Å²) in [5, 5.41) is 2.87. The number of aromatic nitrogens is 1. The minimum atomic E-state index is -4.29. The van der Waals surface area contributed by atoms with E-state index in [1.807, 2.05) is 17.7 Å². The fourth-order valence-electron chi connectivity index (χ4n) is 6.00. The van der Waals surface area contributed by atoms with Crippen LogP contribution in [0.4, 0.5) is 4.79 Å². The molecule has 2 N–H and O–H groups in total. The number of carbonyl (C=O) groups excluding carboxylic acids is 4. The largest absolute Gasteiger partial charge is 0.466 e. The van der Waals surface area contributed by atoms with E-state index in [2.05, 4.69) is 10.3 Å². The number of likely N-dealkylation sites (tertiary alicyclic amines) is 1. The third kappa shape index (κ3) is 8.00. The van der Waals surface area contributed by atoms with Gasteiger partial charge >= 0.3 is 12.1 Å². The van der Waals surface area contributed by atoms with Crippen molar-refractivity contribution in [2.24, 2.45) is 5.92 Å². The molecule has 2 heterocycles. The fourth-order valence-corrected chi connectivity index (χ4v) is 7.12. The molecule has 0 unspecified atom stereocenters. The van der Waals surface area contributed by atoms with E-state index in [4.69, 9.17) is 9.47 Å². The van der Waals surface area contributed by atoms with E-state index in [0.29, 0.717) is 41.5 Å². The van der Waals surface area contributed by atoms with Crippen molar-refractivity contribution < 1.29 is 37.1 Å². The number of methoxy groups -OCH3 is 1. The van der Waals surface area contributed by atoms with Crippen LogP contribution in [-0.2, 0) is 42.1 Å². The van der Waals surface area contributed by atoms with Crippen LogP contribution in [0.2, 0.25) is 0 Å². The molecule has 3 aromatic carbocycles. The molecule has 3 amide bonds. The number of benzene rings is 3. The number of hydrogen-bond acceptors (Lipinski definition) is 9. The van der Waals surface area contributed by atoms with Crippen LogP contribution in [0.15, 0.2) is 108 Å². The molecule has 0 spiro atoms. The maximum Gasteiger partial charge on any atom is 0.421 e. The van der Waals surface area contributed by atoms with Gasteiger partial charge in [-0.3, -0.25) is 14.6 Å². The summed E-state index contributed by atoms with van der Waals surface area (Å²) < 4.78 is 38.7. The molecule has 0 radical (unpaired) electrons. The van der Waals surface area contributed by atoms with Gasteiger partial charge in [0.25, 0.3) is 15.9 Å².